The largest absolute Gasteiger partial charge is 0.504 e. The zero-order valence-corrected chi connectivity index (χ0v) is 26.5. The van der Waals surface area contributed by atoms with Gasteiger partial charge in [0.15, 0.2) is 45.8 Å². The van der Waals surface area contributed by atoms with Crippen molar-refractivity contribution in [2.45, 2.75) is 25.0 Å². The highest BCUT2D eigenvalue weighted by Crippen LogP contribution is 2.41. The van der Waals surface area contributed by atoms with Gasteiger partial charge in [-0.1, -0.05) is 12.1 Å². The van der Waals surface area contributed by atoms with Crippen LogP contribution in [0.2, 0.25) is 0 Å². The third-order valence-electron chi connectivity index (χ3n) is 7.63. The SMILES string of the molecule is O=C(/C=C/c1cc(O)c2oc(-c3ccc(O)c(O)c3)c(C(=O)OC(Cc3ccc(O)c(O)c3)C(=O)O)c2c1)OC(Cc1ccc(O)c(O)c1)C(=O)O. The molecule has 0 radical (unpaired) electrons. The van der Waals surface area contributed by atoms with Gasteiger partial charge in [0, 0.05) is 29.9 Å². The predicted molar refractivity (Wildman–Crippen MR) is 177 cm³/mol. The van der Waals surface area contributed by atoms with E-state index in [2.05, 4.69) is 0 Å². The number of carboxylic acid groups (broad SMARTS) is 2. The molecule has 1 aromatic heterocycles. The van der Waals surface area contributed by atoms with Crippen molar-refractivity contribution >= 4 is 40.9 Å². The fourth-order valence-electron chi connectivity index (χ4n) is 5.08. The number of aromatic hydroxyl groups is 7. The number of rotatable bonds is 12. The second kappa shape index (κ2) is 14.6. The summed E-state index contributed by atoms with van der Waals surface area (Å²) in [7, 11) is 0. The van der Waals surface area contributed by atoms with Gasteiger partial charge in [0.2, 0.25) is 12.2 Å². The van der Waals surface area contributed by atoms with Gasteiger partial charge in [-0.3, -0.25) is 0 Å². The molecule has 0 spiro atoms. The van der Waals surface area contributed by atoms with Crippen LogP contribution in [0.1, 0.15) is 27.0 Å². The van der Waals surface area contributed by atoms with Crippen molar-refractivity contribution < 1.29 is 79.0 Å². The van der Waals surface area contributed by atoms with Gasteiger partial charge in [-0.15, -0.1) is 0 Å². The van der Waals surface area contributed by atoms with E-state index in [1.54, 1.807) is 0 Å². The van der Waals surface area contributed by atoms with E-state index in [-0.39, 0.29) is 45.4 Å². The number of benzene rings is 4. The topological polar surface area (TPSA) is 282 Å². The molecule has 0 fully saturated rings. The number of hydrogen-bond acceptors (Lipinski definition) is 14. The first-order valence-corrected chi connectivity index (χ1v) is 15.0. The van der Waals surface area contributed by atoms with E-state index in [0.29, 0.717) is 0 Å². The van der Waals surface area contributed by atoms with Gasteiger partial charge in [-0.05, 0) is 77.4 Å². The molecule has 268 valence electrons. The van der Waals surface area contributed by atoms with Crippen molar-refractivity contribution in [1.82, 2.24) is 0 Å². The lowest BCUT2D eigenvalue weighted by Crippen LogP contribution is -2.29. The monoisotopic (exact) mass is 716 g/mol. The molecule has 1 heterocycles. The molecule has 5 rings (SSSR count). The smallest absolute Gasteiger partial charge is 0.345 e. The summed E-state index contributed by atoms with van der Waals surface area (Å²) in [6.07, 6.45) is -2.43. The number of carbonyl (C=O) groups is 4. The van der Waals surface area contributed by atoms with Crippen LogP contribution < -0.4 is 0 Å². The number of carboxylic acids is 2. The molecule has 16 nitrogen and oxygen atoms in total. The van der Waals surface area contributed by atoms with Crippen LogP contribution in [0.4, 0.5) is 0 Å². The molecule has 0 amide bonds. The Bertz CT molecular complexity index is 2250. The number of furan rings is 1. The maximum Gasteiger partial charge on any atom is 0.345 e. The van der Waals surface area contributed by atoms with Gasteiger partial charge in [-0.2, -0.15) is 0 Å². The predicted octanol–water partition coefficient (Wildman–Crippen LogP) is 4.14. The number of carbonyl (C=O) groups excluding carboxylic acids is 2. The standard InChI is InChI=1S/C36H28O16/c37-21-5-1-17(10-24(21)40)13-28(34(45)46)50-30(44)8-3-16-9-20-31(32(52-33(20)27(43)12-16)19-4-7-23(39)26(42)15-19)36(49)51-29(35(47)48)14-18-2-6-22(38)25(41)11-18/h1-12,15,28-29,37-43H,13-14H2,(H,45,46)(H,47,48)/b8-3+. The number of esters is 2. The maximum atomic E-state index is 13.7. The van der Waals surface area contributed by atoms with Crippen LogP contribution in [-0.2, 0) is 36.7 Å². The number of phenolic OH excluding ortho intramolecular Hbond substituents is 7. The van der Waals surface area contributed by atoms with Gasteiger partial charge in [-0.25, -0.2) is 19.2 Å². The molecule has 0 aliphatic heterocycles. The average Bonchev–Trinajstić information content (AvgIpc) is 3.48. The Morgan fingerprint density at radius 3 is 1.65 bits per heavy atom. The van der Waals surface area contributed by atoms with Gasteiger partial charge < -0.3 is 59.8 Å². The summed E-state index contributed by atoms with van der Waals surface area (Å²) in [4.78, 5) is 50.3. The van der Waals surface area contributed by atoms with Crippen molar-refractivity contribution in [2.24, 2.45) is 0 Å². The minimum atomic E-state index is -1.85. The highest BCUT2D eigenvalue weighted by Gasteiger charge is 2.31. The first-order chi connectivity index (χ1) is 24.6. The highest BCUT2D eigenvalue weighted by molar-refractivity contribution is 6.11. The van der Waals surface area contributed by atoms with Gasteiger partial charge >= 0.3 is 23.9 Å². The quantitative estimate of drug-likeness (QED) is 0.0498. The van der Waals surface area contributed by atoms with Crippen LogP contribution in [0, 0.1) is 0 Å². The summed E-state index contributed by atoms with van der Waals surface area (Å²) in [6, 6.07) is 12.8. The van der Waals surface area contributed by atoms with E-state index in [1.807, 2.05) is 0 Å². The summed E-state index contributed by atoms with van der Waals surface area (Å²) >= 11 is 0. The number of fused-ring (bicyclic) bond motifs is 1. The maximum absolute atomic E-state index is 13.7. The summed E-state index contributed by atoms with van der Waals surface area (Å²) in [5.41, 5.74) is -0.279. The van der Waals surface area contributed by atoms with Crippen molar-refractivity contribution in [3.63, 3.8) is 0 Å². The molecular formula is C36H28O16. The lowest BCUT2D eigenvalue weighted by molar-refractivity contribution is -0.160. The molecule has 52 heavy (non-hydrogen) atoms. The van der Waals surface area contributed by atoms with E-state index >= 15 is 0 Å². The Morgan fingerprint density at radius 1 is 0.615 bits per heavy atom. The molecule has 0 saturated heterocycles. The molecule has 5 aromatic rings. The minimum absolute atomic E-state index is 0.00416. The molecule has 0 aliphatic carbocycles. The van der Waals surface area contributed by atoms with Crippen molar-refractivity contribution in [3.05, 3.63) is 95.1 Å². The van der Waals surface area contributed by atoms with Crippen molar-refractivity contribution in [2.75, 3.05) is 0 Å². The molecule has 0 aliphatic rings. The molecule has 9 N–H and O–H groups in total. The number of ether oxygens (including phenoxy) is 2. The van der Waals surface area contributed by atoms with E-state index in [9.17, 15) is 65.1 Å². The Labute approximate surface area is 291 Å². The summed E-state index contributed by atoms with van der Waals surface area (Å²) < 4.78 is 16.2. The third kappa shape index (κ3) is 7.92. The molecule has 2 atom stereocenters. The first-order valence-electron chi connectivity index (χ1n) is 15.0. The average molecular weight is 717 g/mol. The van der Waals surface area contributed by atoms with Crippen LogP contribution in [-0.4, -0.2) is 82.0 Å². The highest BCUT2D eigenvalue weighted by atomic mass is 16.6. The molecule has 16 heteroatoms. The Morgan fingerprint density at radius 2 is 1.13 bits per heavy atom. The third-order valence-corrected chi connectivity index (χ3v) is 7.63. The Hall–Kier alpha value is -7.36. The van der Waals surface area contributed by atoms with Crippen LogP contribution in [0.5, 0.6) is 40.2 Å². The van der Waals surface area contributed by atoms with Crippen LogP contribution in [0.15, 0.2) is 77.2 Å². The zero-order valence-electron chi connectivity index (χ0n) is 26.5. The minimum Gasteiger partial charge on any atom is -0.504 e. The van der Waals surface area contributed by atoms with Crippen LogP contribution in [0.3, 0.4) is 0 Å². The fraction of sp³-hybridized carbons (Fsp3) is 0.111. The number of phenols is 7. The lowest BCUT2D eigenvalue weighted by Gasteiger charge is -2.15. The van der Waals surface area contributed by atoms with E-state index in [0.717, 1.165) is 54.6 Å². The molecule has 4 aromatic carbocycles. The van der Waals surface area contributed by atoms with Gasteiger partial charge in [0.25, 0.3) is 0 Å². The van der Waals surface area contributed by atoms with Gasteiger partial charge in [0.05, 0.1) is 0 Å². The van der Waals surface area contributed by atoms with E-state index in [1.165, 1.54) is 24.3 Å². The normalized spacial score (nSPS) is 12.4. The van der Waals surface area contributed by atoms with Crippen LogP contribution >= 0.6 is 0 Å². The second-order valence-electron chi connectivity index (χ2n) is 11.3. The van der Waals surface area contributed by atoms with E-state index < -0.39 is 88.3 Å². The summed E-state index contributed by atoms with van der Waals surface area (Å²) in [6.45, 7) is 0. The zero-order chi connectivity index (χ0) is 37.9. The van der Waals surface area contributed by atoms with Crippen molar-refractivity contribution in [3.8, 4) is 51.6 Å². The second-order valence-corrected chi connectivity index (χ2v) is 11.3. The summed E-state index contributed by atoms with van der Waals surface area (Å²) in [5, 5.41) is 88.7. The van der Waals surface area contributed by atoms with Crippen molar-refractivity contribution in [1.29, 1.82) is 0 Å². The number of aliphatic carboxylic acids is 2. The molecule has 0 bridgehead atoms. The van der Waals surface area contributed by atoms with Gasteiger partial charge in [0.1, 0.15) is 11.3 Å². The Balaban J connectivity index is 1.49. The molecule has 2 unspecified atom stereocenters. The Kier molecular flexibility index (Phi) is 10.1. The fourth-order valence-corrected chi connectivity index (χ4v) is 5.08. The number of hydrogen-bond donors (Lipinski definition) is 9. The lowest BCUT2D eigenvalue weighted by atomic mass is 10.0. The van der Waals surface area contributed by atoms with E-state index in [4.69, 9.17) is 13.9 Å². The molecular weight excluding hydrogens is 688 g/mol. The first kappa shape index (κ1) is 35.9. The van der Waals surface area contributed by atoms with Crippen LogP contribution in [0.25, 0.3) is 28.4 Å². The summed E-state index contributed by atoms with van der Waals surface area (Å²) in [5.74, 6) is -9.46. The molecule has 0 saturated carbocycles.